The number of para-hydroxylation sites is 4. The minimum atomic E-state index is -0.0990. The maximum atomic E-state index is 2.40. The Morgan fingerprint density at radius 2 is 0.340 bits per heavy atom. The molecule has 0 heterocycles. The number of hydrogen-bond donors (Lipinski definition) is 0. The predicted octanol–water partition coefficient (Wildman–Crippen LogP) is 28.5. The molecule has 0 saturated carbocycles. The average Bonchev–Trinajstić information content (AvgIpc) is 1.58. The molecule has 0 bridgehead atoms. The Balaban J connectivity index is 0.566. The van der Waals surface area contributed by atoms with Gasteiger partial charge in [-0.25, -0.2) is 0 Å². The third-order valence-corrected chi connectivity index (χ3v) is 21.9. The highest BCUT2D eigenvalue weighted by molar-refractivity contribution is 5.90. The zero-order valence-corrected chi connectivity index (χ0v) is 59.9. The van der Waals surface area contributed by atoms with Crippen LogP contribution in [0.15, 0.2) is 400 Å². The number of fused-ring (bicyclic) bond motifs is 6. The third-order valence-electron chi connectivity index (χ3n) is 21.9. The molecule has 0 spiro atoms. The van der Waals surface area contributed by atoms with Crippen molar-refractivity contribution in [2.75, 3.05) is 19.6 Å². The van der Waals surface area contributed by atoms with E-state index in [1.54, 1.807) is 0 Å². The Labute approximate surface area is 623 Å². The molecule has 0 fully saturated rings. The summed E-state index contributed by atoms with van der Waals surface area (Å²) in [6.45, 7) is 9.39. The molecule has 4 heteroatoms. The topological polar surface area (TPSA) is 13.0 Å². The van der Waals surface area contributed by atoms with E-state index in [1.165, 1.54) is 55.6 Å². The van der Waals surface area contributed by atoms with Crippen LogP contribution in [-0.2, 0) is 10.8 Å². The first-order valence-corrected chi connectivity index (χ1v) is 36.8. The molecule has 4 nitrogen and oxygen atoms in total. The van der Waals surface area contributed by atoms with E-state index < -0.39 is 0 Å². The van der Waals surface area contributed by atoms with Gasteiger partial charge in [0.15, 0.2) is 0 Å². The van der Waals surface area contributed by atoms with Crippen LogP contribution in [0.3, 0.4) is 0 Å². The molecular weight excluding hydrogens is 1280 g/mol. The fraction of sp³-hybridized carbons (Fsp3) is 0.0588. The molecule has 2 aliphatic carbocycles. The van der Waals surface area contributed by atoms with E-state index in [0.29, 0.717) is 0 Å². The van der Waals surface area contributed by atoms with E-state index in [9.17, 15) is 0 Å². The van der Waals surface area contributed by atoms with Gasteiger partial charge < -0.3 is 19.6 Å². The van der Waals surface area contributed by atoms with E-state index in [0.717, 1.165) is 113 Å². The molecule has 18 rings (SSSR count). The van der Waals surface area contributed by atoms with Crippen molar-refractivity contribution in [2.24, 2.45) is 0 Å². The summed E-state index contributed by atoms with van der Waals surface area (Å²) in [5.41, 5.74) is 35.4. The quantitative estimate of drug-likeness (QED) is 0.0901. The number of rotatable bonds is 17. The first kappa shape index (κ1) is 64.8. The van der Waals surface area contributed by atoms with E-state index in [1.807, 2.05) is 0 Å². The van der Waals surface area contributed by atoms with Gasteiger partial charge in [0.05, 0.1) is 0 Å². The molecule has 0 radical (unpaired) electrons. The van der Waals surface area contributed by atoms with Gasteiger partial charge in [-0.2, -0.15) is 0 Å². The second-order valence-corrected chi connectivity index (χ2v) is 28.9. The lowest BCUT2D eigenvalue weighted by atomic mass is 9.82. The second kappa shape index (κ2) is 27.2. The van der Waals surface area contributed by atoms with Crippen molar-refractivity contribution in [1.29, 1.82) is 0 Å². The Morgan fingerprint density at radius 3 is 0.613 bits per heavy atom. The monoisotopic (exact) mass is 1360 g/mol. The minimum Gasteiger partial charge on any atom is -0.311 e. The van der Waals surface area contributed by atoms with Crippen LogP contribution in [0.25, 0.3) is 77.9 Å². The summed E-state index contributed by atoms with van der Waals surface area (Å²) in [6, 6.07) is 146. The smallest absolute Gasteiger partial charge is 0.0465 e. The van der Waals surface area contributed by atoms with Gasteiger partial charge in [-0.15, -0.1) is 0 Å². The van der Waals surface area contributed by atoms with Crippen LogP contribution in [0.1, 0.15) is 49.9 Å². The molecule has 106 heavy (non-hydrogen) atoms. The highest BCUT2D eigenvalue weighted by Gasteiger charge is 2.37. The number of anilines is 12. The highest BCUT2D eigenvalue weighted by Crippen LogP contribution is 2.53. The van der Waals surface area contributed by atoms with Crippen molar-refractivity contribution >= 4 is 68.2 Å². The van der Waals surface area contributed by atoms with Gasteiger partial charge in [-0.1, -0.05) is 270 Å². The lowest BCUT2D eigenvalue weighted by Crippen LogP contribution is -2.16. The molecule has 0 N–H and O–H groups in total. The van der Waals surface area contributed by atoms with Crippen LogP contribution in [0.2, 0.25) is 0 Å². The van der Waals surface area contributed by atoms with E-state index in [4.69, 9.17) is 0 Å². The Bertz CT molecular complexity index is 5470. The molecule has 0 aliphatic heterocycles. The standard InChI is InChI=1S/C102H78N4/c1-101(2)97-37-19-17-35-93(97)95-65-63-91(69-99(95)101)105(83-31-13-7-14-32-83)89-55-43-73(44-56-89)71-39-51-85(52-40-71)103(81-27-9-5-10-28-81)87-59-47-75(48-60-87)77-23-21-25-79(67-77)80-26-22-24-78(68-80)76-49-61-88(62-50-76)104(82-29-11-6-12-30-82)86-53-41-72(42-54-86)74-45-57-90(58-46-74)106(84-33-15-8-16-34-84)92-64-66-96-94-36-18-20-38-98(94)102(3,4)100(96)70-92/h5-70H,1-4H3. The van der Waals surface area contributed by atoms with E-state index in [-0.39, 0.29) is 10.8 Å². The summed E-state index contributed by atoms with van der Waals surface area (Å²) >= 11 is 0. The Kier molecular flexibility index (Phi) is 16.6. The zero-order valence-electron chi connectivity index (χ0n) is 59.9. The maximum absolute atomic E-state index is 2.40. The first-order chi connectivity index (χ1) is 52.1. The molecule has 0 atom stereocenters. The van der Waals surface area contributed by atoms with Gasteiger partial charge in [0.25, 0.3) is 0 Å². The second-order valence-electron chi connectivity index (χ2n) is 28.9. The maximum Gasteiger partial charge on any atom is 0.0465 e. The lowest BCUT2D eigenvalue weighted by molar-refractivity contribution is 0.660. The van der Waals surface area contributed by atoms with E-state index >= 15 is 0 Å². The molecule has 0 unspecified atom stereocenters. The number of benzene rings is 16. The third kappa shape index (κ3) is 12.0. The van der Waals surface area contributed by atoms with Crippen LogP contribution >= 0.6 is 0 Å². The van der Waals surface area contributed by atoms with Crippen molar-refractivity contribution in [3.63, 3.8) is 0 Å². The van der Waals surface area contributed by atoms with Crippen molar-refractivity contribution in [3.8, 4) is 77.9 Å². The van der Waals surface area contributed by atoms with Gasteiger partial charge in [0.2, 0.25) is 0 Å². The van der Waals surface area contributed by atoms with Gasteiger partial charge in [0, 0.05) is 79.1 Å². The normalized spacial score (nSPS) is 12.7. The molecule has 16 aromatic rings. The lowest BCUT2D eigenvalue weighted by Gasteiger charge is -2.28. The molecule has 0 amide bonds. The Morgan fingerprint density at radius 1 is 0.142 bits per heavy atom. The van der Waals surface area contributed by atoms with Gasteiger partial charge >= 0.3 is 0 Å². The van der Waals surface area contributed by atoms with Crippen molar-refractivity contribution < 1.29 is 0 Å². The van der Waals surface area contributed by atoms with Crippen molar-refractivity contribution in [2.45, 2.75) is 38.5 Å². The van der Waals surface area contributed by atoms with E-state index in [2.05, 4.69) is 448 Å². The fourth-order valence-electron chi connectivity index (χ4n) is 16.3. The molecular formula is C102H78N4. The highest BCUT2D eigenvalue weighted by atomic mass is 15.2. The predicted molar refractivity (Wildman–Crippen MR) is 447 cm³/mol. The van der Waals surface area contributed by atoms with Gasteiger partial charge in [0.1, 0.15) is 0 Å². The van der Waals surface area contributed by atoms with Crippen molar-refractivity contribution in [1.82, 2.24) is 0 Å². The summed E-state index contributed by atoms with van der Waals surface area (Å²) < 4.78 is 0. The summed E-state index contributed by atoms with van der Waals surface area (Å²) in [7, 11) is 0. The SMILES string of the molecule is CC1(C)c2ccccc2-c2ccc(N(c3ccccc3)c3ccc(-c4ccc(N(c5ccccc5)c5ccc(-c6cccc(-c7cccc(-c8ccc(N(c9ccccc9)c9ccc(-c%10ccc(N(c%11ccccc%11)c%11ccc%12c(c%11)C(C)(C)c%11ccccc%11-%12)cc%10)cc9)cc8)c7)c6)cc5)cc4)cc3)cc21. The molecule has 2 aliphatic rings. The van der Waals surface area contributed by atoms with Gasteiger partial charge in [-0.3, -0.25) is 0 Å². The van der Waals surface area contributed by atoms with Gasteiger partial charge in [-0.05, 0) is 258 Å². The van der Waals surface area contributed by atoms with Crippen LogP contribution in [0.4, 0.5) is 68.2 Å². The average molecular weight is 1360 g/mol. The van der Waals surface area contributed by atoms with Crippen LogP contribution in [0.5, 0.6) is 0 Å². The van der Waals surface area contributed by atoms with Crippen LogP contribution in [-0.4, -0.2) is 0 Å². The van der Waals surface area contributed by atoms with Crippen LogP contribution in [0, 0.1) is 0 Å². The summed E-state index contributed by atoms with van der Waals surface area (Å²) in [6.07, 6.45) is 0. The minimum absolute atomic E-state index is 0.0990. The first-order valence-electron chi connectivity index (χ1n) is 36.8. The summed E-state index contributed by atoms with van der Waals surface area (Å²) in [5, 5.41) is 0. The zero-order chi connectivity index (χ0) is 71.3. The van der Waals surface area contributed by atoms with Crippen molar-refractivity contribution in [3.05, 3.63) is 423 Å². The fourth-order valence-corrected chi connectivity index (χ4v) is 16.3. The summed E-state index contributed by atoms with van der Waals surface area (Å²) in [4.78, 5) is 9.43. The summed E-state index contributed by atoms with van der Waals surface area (Å²) in [5.74, 6) is 0. The molecule has 0 saturated heterocycles. The number of nitrogens with zero attached hydrogens (tertiary/aromatic N) is 4. The Hall–Kier alpha value is -13.3. The molecule has 16 aromatic carbocycles. The van der Waals surface area contributed by atoms with Crippen LogP contribution < -0.4 is 19.6 Å². The largest absolute Gasteiger partial charge is 0.311 e. The number of hydrogen-bond acceptors (Lipinski definition) is 4. The molecule has 506 valence electrons. The molecule has 0 aromatic heterocycles.